The molecule has 5 nitrogen and oxygen atoms in total. The summed E-state index contributed by atoms with van der Waals surface area (Å²) >= 11 is 6.26. The maximum atomic E-state index is 12.7. The van der Waals surface area contributed by atoms with E-state index in [4.69, 9.17) is 11.6 Å². The zero-order valence-corrected chi connectivity index (χ0v) is 16.3. The lowest BCUT2D eigenvalue weighted by Gasteiger charge is -2.16. The van der Waals surface area contributed by atoms with Crippen LogP contribution in [0.15, 0.2) is 66.7 Å². The van der Waals surface area contributed by atoms with E-state index in [0.29, 0.717) is 0 Å². The molecule has 0 aromatic heterocycles. The number of nitrogens with zero attached hydrogens (tertiary/aromatic N) is 1. The number of nitrogens with one attached hydrogen (secondary N) is 1. The van der Waals surface area contributed by atoms with E-state index in [1.807, 2.05) is 0 Å². The van der Waals surface area contributed by atoms with Crippen molar-refractivity contribution in [3.8, 4) is 0 Å². The van der Waals surface area contributed by atoms with Crippen molar-refractivity contribution in [2.75, 3.05) is 10.2 Å². The van der Waals surface area contributed by atoms with Gasteiger partial charge in [0.25, 0.3) is 17.7 Å². The number of carbonyl (C=O) groups excluding carboxylic acids is 3. The van der Waals surface area contributed by atoms with Gasteiger partial charge >= 0.3 is 6.18 Å². The van der Waals surface area contributed by atoms with Gasteiger partial charge in [-0.05, 0) is 54.6 Å². The third-order valence-corrected chi connectivity index (χ3v) is 5.02. The summed E-state index contributed by atoms with van der Waals surface area (Å²) in [6.07, 6.45) is -4.50. The Morgan fingerprint density at radius 3 is 1.97 bits per heavy atom. The molecule has 3 aromatic rings. The highest BCUT2D eigenvalue weighted by atomic mass is 35.5. The van der Waals surface area contributed by atoms with E-state index < -0.39 is 29.5 Å². The van der Waals surface area contributed by atoms with E-state index in [2.05, 4.69) is 5.32 Å². The van der Waals surface area contributed by atoms with Crippen molar-refractivity contribution in [2.24, 2.45) is 0 Å². The van der Waals surface area contributed by atoms with Crippen LogP contribution in [0.5, 0.6) is 0 Å². The molecule has 0 fully saturated rings. The normalized spacial score (nSPS) is 13.4. The minimum Gasteiger partial charge on any atom is -0.322 e. The Morgan fingerprint density at radius 1 is 0.871 bits per heavy atom. The minimum atomic E-state index is -4.50. The number of hydrogen-bond donors (Lipinski definition) is 1. The Morgan fingerprint density at radius 2 is 1.45 bits per heavy atom. The van der Waals surface area contributed by atoms with E-state index in [-0.39, 0.29) is 33.1 Å². The number of imide groups is 1. The molecule has 0 radical (unpaired) electrons. The van der Waals surface area contributed by atoms with Gasteiger partial charge in [-0.15, -0.1) is 0 Å². The Bertz CT molecular complexity index is 1190. The molecule has 0 saturated carbocycles. The molecule has 31 heavy (non-hydrogen) atoms. The van der Waals surface area contributed by atoms with Crippen molar-refractivity contribution in [1.29, 1.82) is 0 Å². The Hall–Kier alpha value is -3.65. The maximum absolute atomic E-state index is 12.7. The molecule has 0 saturated heterocycles. The van der Waals surface area contributed by atoms with Crippen LogP contribution >= 0.6 is 11.6 Å². The lowest BCUT2D eigenvalue weighted by Crippen LogP contribution is -2.29. The number of halogens is 4. The summed E-state index contributed by atoms with van der Waals surface area (Å²) in [5, 5.41) is 2.56. The fraction of sp³-hybridized carbons (Fsp3) is 0.0455. The van der Waals surface area contributed by atoms with E-state index in [9.17, 15) is 27.6 Å². The summed E-state index contributed by atoms with van der Waals surface area (Å²) in [7, 11) is 0. The summed E-state index contributed by atoms with van der Waals surface area (Å²) < 4.78 is 38.0. The predicted octanol–water partition coefficient (Wildman–Crippen LogP) is 5.41. The summed E-state index contributed by atoms with van der Waals surface area (Å²) in [6, 6.07) is 14.3. The average molecular weight is 445 g/mol. The lowest BCUT2D eigenvalue weighted by molar-refractivity contribution is -0.137. The third kappa shape index (κ3) is 3.77. The van der Waals surface area contributed by atoms with Crippen LogP contribution in [0.4, 0.5) is 24.5 Å². The van der Waals surface area contributed by atoms with Gasteiger partial charge in [-0.25, -0.2) is 4.90 Å². The Kier molecular flexibility index (Phi) is 5.02. The molecule has 1 aliphatic heterocycles. The summed E-state index contributed by atoms with van der Waals surface area (Å²) in [5.41, 5.74) is 0.0908. The van der Waals surface area contributed by atoms with Crippen LogP contribution in [0.1, 0.15) is 36.6 Å². The van der Waals surface area contributed by atoms with E-state index >= 15 is 0 Å². The fourth-order valence-electron chi connectivity index (χ4n) is 3.19. The number of amides is 3. The molecule has 4 rings (SSSR count). The van der Waals surface area contributed by atoms with E-state index in [1.54, 1.807) is 24.3 Å². The summed E-state index contributed by atoms with van der Waals surface area (Å²) in [5.74, 6) is -1.66. The van der Waals surface area contributed by atoms with Crippen LogP contribution in [-0.4, -0.2) is 17.7 Å². The van der Waals surface area contributed by atoms with Gasteiger partial charge in [0, 0.05) is 11.3 Å². The molecule has 0 aliphatic carbocycles. The molecule has 1 heterocycles. The first-order valence-corrected chi connectivity index (χ1v) is 9.30. The van der Waals surface area contributed by atoms with Gasteiger partial charge in [0.05, 0.1) is 27.4 Å². The SMILES string of the molecule is O=C(Nc1ccc(N2C(=O)c3ccccc3C2=O)c(Cl)c1)c1ccc(C(F)(F)F)cc1. The standard InChI is InChI=1S/C22H12ClF3N2O3/c23-17-11-14(27-19(29)12-5-7-13(8-6-12)22(24,25)26)9-10-18(17)28-20(30)15-3-1-2-4-16(15)21(28)31/h1-11H,(H,27,29). The first-order valence-electron chi connectivity index (χ1n) is 8.93. The first-order chi connectivity index (χ1) is 14.7. The number of rotatable bonds is 3. The molecule has 9 heteroatoms. The quantitative estimate of drug-likeness (QED) is 0.549. The molecule has 156 valence electrons. The third-order valence-electron chi connectivity index (χ3n) is 4.71. The summed E-state index contributed by atoms with van der Waals surface area (Å²) in [6.45, 7) is 0. The highest BCUT2D eigenvalue weighted by Crippen LogP contribution is 2.35. The van der Waals surface area contributed by atoms with Crippen LogP contribution in [0.25, 0.3) is 0 Å². The number of anilines is 2. The molecule has 0 atom stereocenters. The van der Waals surface area contributed by atoms with Gasteiger partial charge in [0.15, 0.2) is 0 Å². The number of alkyl halides is 3. The molecule has 0 bridgehead atoms. The molecular weight excluding hydrogens is 433 g/mol. The van der Waals surface area contributed by atoms with Crippen molar-refractivity contribution in [2.45, 2.75) is 6.18 Å². The number of hydrogen-bond acceptors (Lipinski definition) is 3. The van der Waals surface area contributed by atoms with E-state index in [1.165, 1.54) is 18.2 Å². The van der Waals surface area contributed by atoms with Crippen LogP contribution in [0.3, 0.4) is 0 Å². The topological polar surface area (TPSA) is 66.5 Å². The molecule has 0 spiro atoms. The zero-order chi connectivity index (χ0) is 22.3. The van der Waals surface area contributed by atoms with Gasteiger partial charge in [0.1, 0.15) is 0 Å². The van der Waals surface area contributed by atoms with Crippen LogP contribution in [0, 0.1) is 0 Å². The zero-order valence-electron chi connectivity index (χ0n) is 15.5. The Balaban J connectivity index is 1.54. The van der Waals surface area contributed by atoms with Crippen molar-refractivity contribution < 1.29 is 27.6 Å². The molecule has 3 aromatic carbocycles. The monoisotopic (exact) mass is 444 g/mol. The first kappa shape index (κ1) is 20.6. The van der Waals surface area contributed by atoms with Gasteiger partial charge in [-0.3, -0.25) is 14.4 Å². The minimum absolute atomic E-state index is 0.0218. The van der Waals surface area contributed by atoms with Crippen LogP contribution in [-0.2, 0) is 6.18 Å². The smallest absolute Gasteiger partial charge is 0.322 e. The number of benzene rings is 3. The maximum Gasteiger partial charge on any atom is 0.416 e. The van der Waals surface area contributed by atoms with Crippen LogP contribution in [0.2, 0.25) is 5.02 Å². The van der Waals surface area contributed by atoms with E-state index in [0.717, 1.165) is 29.2 Å². The lowest BCUT2D eigenvalue weighted by atomic mass is 10.1. The highest BCUT2D eigenvalue weighted by molar-refractivity contribution is 6.40. The fourth-order valence-corrected chi connectivity index (χ4v) is 3.45. The molecule has 0 unspecified atom stereocenters. The van der Waals surface area contributed by atoms with Crippen molar-refractivity contribution in [3.63, 3.8) is 0 Å². The van der Waals surface area contributed by atoms with Crippen molar-refractivity contribution >= 4 is 40.7 Å². The van der Waals surface area contributed by atoms with Gasteiger partial charge < -0.3 is 5.32 Å². The second-order valence-electron chi connectivity index (χ2n) is 6.69. The van der Waals surface area contributed by atoms with Crippen molar-refractivity contribution in [3.05, 3.63) is 94.0 Å². The second kappa shape index (κ2) is 7.55. The van der Waals surface area contributed by atoms with Gasteiger partial charge in [0.2, 0.25) is 0 Å². The van der Waals surface area contributed by atoms with Gasteiger partial charge in [-0.1, -0.05) is 23.7 Å². The van der Waals surface area contributed by atoms with Gasteiger partial charge in [-0.2, -0.15) is 13.2 Å². The summed E-state index contributed by atoms with van der Waals surface area (Å²) in [4.78, 5) is 38.5. The largest absolute Gasteiger partial charge is 0.416 e. The average Bonchev–Trinajstić information content (AvgIpc) is 2.98. The van der Waals surface area contributed by atoms with Crippen molar-refractivity contribution in [1.82, 2.24) is 0 Å². The Labute approximate surface area is 179 Å². The highest BCUT2D eigenvalue weighted by Gasteiger charge is 2.37. The molecule has 1 N–H and O–H groups in total. The molecule has 3 amide bonds. The molecular formula is C22H12ClF3N2O3. The number of carbonyl (C=O) groups is 3. The number of fused-ring (bicyclic) bond motifs is 1. The molecule has 1 aliphatic rings. The van der Waals surface area contributed by atoms with Crippen LogP contribution < -0.4 is 10.2 Å². The second-order valence-corrected chi connectivity index (χ2v) is 7.09. The predicted molar refractivity (Wildman–Crippen MR) is 108 cm³/mol.